The molecule has 0 aromatic heterocycles. The lowest BCUT2D eigenvalue weighted by Crippen LogP contribution is -2.80. The Bertz CT molecular complexity index is 1030. The lowest BCUT2D eigenvalue weighted by atomic mass is 9.35. The third-order valence-electron chi connectivity index (χ3n) is 10.00. The number of benzene rings is 1. The normalized spacial score (nSPS) is 45.6. The second kappa shape index (κ2) is 5.92. The molecule has 2 saturated carbocycles. The van der Waals surface area contributed by atoms with Crippen LogP contribution in [0.2, 0.25) is 0 Å². The van der Waals surface area contributed by atoms with Crippen LogP contribution in [0.1, 0.15) is 30.9 Å². The van der Waals surface area contributed by atoms with Crippen LogP contribution in [0.15, 0.2) is 24.3 Å². The van der Waals surface area contributed by atoms with Crippen LogP contribution in [0.4, 0.5) is 0 Å². The molecular weight excluding hydrogens is 402 g/mol. The van der Waals surface area contributed by atoms with Gasteiger partial charge in [-0.15, -0.1) is 0 Å². The van der Waals surface area contributed by atoms with Gasteiger partial charge in [0.05, 0.1) is 11.0 Å². The molecule has 7 atom stereocenters. The molecule has 0 amide bonds. The molecule has 5 heteroatoms. The summed E-state index contributed by atoms with van der Waals surface area (Å²) in [6.07, 6.45) is 15.0. The van der Waals surface area contributed by atoms with Gasteiger partial charge in [0.15, 0.2) is 11.5 Å². The summed E-state index contributed by atoms with van der Waals surface area (Å²) >= 11 is 0. The summed E-state index contributed by atoms with van der Waals surface area (Å²) in [5.41, 5.74) is 0.181. The van der Waals surface area contributed by atoms with Crippen LogP contribution in [0.25, 0.3) is 0 Å². The molecule has 2 N–H and O–H groups in total. The van der Waals surface area contributed by atoms with Crippen molar-refractivity contribution in [2.45, 2.75) is 54.9 Å². The van der Waals surface area contributed by atoms with E-state index in [0.717, 1.165) is 31.7 Å². The Labute approximate surface area is 190 Å². The van der Waals surface area contributed by atoms with Crippen LogP contribution >= 0.6 is 0 Å². The van der Waals surface area contributed by atoms with Crippen molar-refractivity contribution in [3.05, 3.63) is 67.0 Å². The number of phenols is 1. The molecule has 1 aromatic carbocycles. The molecule has 2 spiro atoms. The lowest BCUT2D eigenvalue weighted by molar-refractivity contribution is -0.242. The van der Waals surface area contributed by atoms with Gasteiger partial charge in [-0.3, -0.25) is 0 Å². The summed E-state index contributed by atoms with van der Waals surface area (Å²) in [6.45, 7) is 2.91. The van der Waals surface area contributed by atoms with Crippen molar-refractivity contribution in [3.8, 4) is 11.5 Å². The average Bonchev–Trinajstić information content (AvgIpc) is 3.45. The molecule has 5 aliphatic carbocycles. The van der Waals surface area contributed by atoms with Crippen molar-refractivity contribution < 1.29 is 19.7 Å². The number of hydrogen-bond donors (Lipinski definition) is 2. The van der Waals surface area contributed by atoms with Gasteiger partial charge in [-0.1, -0.05) is 18.2 Å². The van der Waals surface area contributed by atoms with Gasteiger partial charge in [0, 0.05) is 36.0 Å². The number of likely N-dealkylation sites (tertiary alicyclic amines) is 1. The van der Waals surface area contributed by atoms with Crippen molar-refractivity contribution in [2.24, 2.45) is 11.3 Å². The highest BCUT2D eigenvalue weighted by atomic mass is 16.6. The van der Waals surface area contributed by atoms with Crippen molar-refractivity contribution in [1.29, 1.82) is 0 Å². The minimum atomic E-state index is -1.08. The van der Waals surface area contributed by atoms with E-state index < -0.39 is 11.2 Å². The van der Waals surface area contributed by atoms with E-state index in [1.165, 1.54) is 11.1 Å². The number of piperidine rings is 1. The van der Waals surface area contributed by atoms with Gasteiger partial charge >= 0.3 is 0 Å². The maximum Gasteiger partial charge on any atom is 0.165 e. The average molecular weight is 433 g/mol. The van der Waals surface area contributed by atoms with E-state index in [1.54, 1.807) is 13.2 Å². The first-order chi connectivity index (χ1) is 15.3. The number of likely N-dealkylation sites (N-methyl/N-ethyl adjacent to an activating group) is 1. The number of methoxy groups -OCH3 is 1. The minimum Gasteiger partial charge on any atom is -0.504 e. The van der Waals surface area contributed by atoms with Crippen molar-refractivity contribution >= 4 is 0 Å². The second-order valence-electron chi connectivity index (χ2n) is 10.9. The predicted molar refractivity (Wildman–Crippen MR) is 119 cm³/mol. The molecule has 5 nitrogen and oxygen atoms in total. The highest BCUT2D eigenvalue weighted by molar-refractivity contribution is 5.65. The van der Waals surface area contributed by atoms with E-state index in [1.807, 2.05) is 32.6 Å². The first-order valence-corrected chi connectivity index (χ1v) is 11.7. The molecule has 167 valence electrons. The van der Waals surface area contributed by atoms with E-state index in [2.05, 4.69) is 30.2 Å². The zero-order valence-electron chi connectivity index (χ0n) is 18.8. The van der Waals surface area contributed by atoms with E-state index in [0.29, 0.717) is 11.8 Å². The molecule has 3 fully saturated rings. The Kier molecular flexibility index (Phi) is 3.67. The SMILES string of the molecule is CO[C@@]12C=C[C@@]3(C[C@@H]1[C@@](C)(O)[C]1[CH][CH][CH][CH]1)[C@H]1Cc4ccc(O)c5c4[C@@]3(CCN1C)[C@H]2O5. The smallest absolute Gasteiger partial charge is 0.165 e. The third-order valence-corrected chi connectivity index (χ3v) is 10.00. The Morgan fingerprint density at radius 1 is 1.22 bits per heavy atom. The summed E-state index contributed by atoms with van der Waals surface area (Å²) in [6, 6.07) is 4.18. The fraction of sp³-hybridized carbons (Fsp3) is 0.519. The third kappa shape index (κ3) is 1.89. The zero-order valence-corrected chi connectivity index (χ0v) is 18.8. The number of fused-ring (bicyclic) bond motifs is 1. The van der Waals surface area contributed by atoms with E-state index in [-0.39, 0.29) is 28.6 Å². The van der Waals surface area contributed by atoms with E-state index in [4.69, 9.17) is 9.47 Å². The summed E-state index contributed by atoms with van der Waals surface area (Å²) in [5.74, 6) is 1.58. The van der Waals surface area contributed by atoms with Gasteiger partial charge in [0.25, 0.3) is 0 Å². The molecule has 0 unspecified atom stereocenters. The van der Waals surface area contributed by atoms with Crippen LogP contribution in [0, 0.1) is 42.9 Å². The Balaban J connectivity index is 1.50. The number of aliphatic hydroxyl groups is 1. The van der Waals surface area contributed by atoms with Gasteiger partial charge in [0.2, 0.25) is 0 Å². The molecule has 1 aromatic rings. The van der Waals surface area contributed by atoms with Gasteiger partial charge < -0.3 is 24.6 Å². The molecule has 2 heterocycles. The predicted octanol–water partition coefficient (Wildman–Crippen LogP) is 2.77. The van der Waals surface area contributed by atoms with E-state index >= 15 is 0 Å². The standard InChI is InChI=1S/C27H30NO4/c1-24(30,17-6-4-5-7-17)19-15-25-10-11-27(19,31-3)23-26(25)12-13-28(2)20(25)14-16-8-9-18(29)22(32-23)21(16)26/h4-11,19-20,23,29-30H,12-15H2,1-3H3/t19-,20-,23-,24+,25-,26+,27+/m1/s1. The Hall–Kier alpha value is -1.56. The topological polar surface area (TPSA) is 62.2 Å². The Morgan fingerprint density at radius 3 is 2.75 bits per heavy atom. The quantitative estimate of drug-likeness (QED) is 0.720. The fourth-order valence-corrected chi connectivity index (χ4v) is 8.61. The number of aromatic hydroxyl groups is 1. The highest BCUT2D eigenvalue weighted by Crippen LogP contribution is 2.75. The monoisotopic (exact) mass is 432 g/mol. The largest absolute Gasteiger partial charge is 0.504 e. The zero-order chi connectivity index (χ0) is 22.1. The molecule has 8 rings (SSSR count). The number of ether oxygens (including phenoxy) is 2. The maximum absolute atomic E-state index is 12.0. The van der Waals surface area contributed by atoms with Crippen LogP contribution in [0.5, 0.6) is 11.5 Å². The number of rotatable bonds is 3. The van der Waals surface area contributed by atoms with Crippen LogP contribution in [0.3, 0.4) is 0 Å². The fourth-order valence-electron chi connectivity index (χ4n) is 8.61. The number of phenolic OH excluding ortho intramolecular Hbond substituents is 1. The first-order valence-electron chi connectivity index (χ1n) is 11.7. The summed E-state index contributed by atoms with van der Waals surface area (Å²) in [4.78, 5) is 2.50. The molecule has 7 aliphatic rings. The molecule has 1 saturated heterocycles. The van der Waals surface area contributed by atoms with Gasteiger partial charge in [0.1, 0.15) is 11.7 Å². The summed E-state index contributed by atoms with van der Waals surface area (Å²) in [7, 11) is 3.98. The molecule has 2 aliphatic heterocycles. The summed E-state index contributed by atoms with van der Waals surface area (Å²) in [5, 5.41) is 22.9. The van der Waals surface area contributed by atoms with Crippen LogP contribution in [-0.2, 0) is 16.6 Å². The summed E-state index contributed by atoms with van der Waals surface area (Å²) < 4.78 is 13.2. The number of nitrogens with zero attached hydrogens (tertiary/aromatic N) is 1. The van der Waals surface area contributed by atoms with E-state index in [9.17, 15) is 10.2 Å². The Morgan fingerprint density at radius 2 is 2.00 bits per heavy atom. The molecule has 5 radical (unpaired) electrons. The molecule has 4 bridgehead atoms. The van der Waals surface area contributed by atoms with Crippen molar-refractivity contribution in [3.63, 3.8) is 0 Å². The second-order valence-corrected chi connectivity index (χ2v) is 10.9. The molecule has 32 heavy (non-hydrogen) atoms. The van der Waals surface area contributed by atoms with Gasteiger partial charge in [-0.05, 0) is 77.1 Å². The first kappa shape index (κ1) is 19.9. The molecular formula is C27H30NO4. The van der Waals surface area contributed by atoms with Crippen molar-refractivity contribution in [1.82, 2.24) is 4.90 Å². The maximum atomic E-state index is 12.0. The minimum absolute atomic E-state index is 0.182. The van der Waals surface area contributed by atoms with Gasteiger partial charge in [-0.2, -0.15) is 0 Å². The van der Waals surface area contributed by atoms with Crippen molar-refractivity contribution in [2.75, 3.05) is 20.7 Å². The lowest BCUT2D eigenvalue weighted by Gasteiger charge is -2.72. The number of hydrogen-bond acceptors (Lipinski definition) is 5. The van der Waals surface area contributed by atoms with Crippen LogP contribution in [-0.4, -0.2) is 59.2 Å². The van der Waals surface area contributed by atoms with Crippen LogP contribution < -0.4 is 4.74 Å². The van der Waals surface area contributed by atoms with Gasteiger partial charge in [-0.25, -0.2) is 0 Å². The highest BCUT2D eigenvalue weighted by Gasteiger charge is 2.80.